The predicted molar refractivity (Wildman–Crippen MR) is 108 cm³/mol. The third kappa shape index (κ3) is 4.44. The molecule has 4 rings (SSSR count). The van der Waals surface area contributed by atoms with Gasteiger partial charge in [-0.15, -0.1) is 0 Å². The van der Waals surface area contributed by atoms with E-state index in [0.29, 0.717) is 12.5 Å². The molecule has 1 aliphatic carbocycles. The first kappa shape index (κ1) is 17.5. The van der Waals surface area contributed by atoms with E-state index in [9.17, 15) is 4.79 Å². The molecule has 27 heavy (non-hydrogen) atoms. The van der Waals surface area contributed by atoms with Gasteiger partial charge in [0, 0.05) is 17.4 Å². The lowest BCUT2D eigenvalue weighted by Crippen LogP contribution is -2.30. The molecule has 5 heteroatoms. The number of anilines is 1. The molecule has 1 fully saturated rings. The van der Waals surface area contributed by atoms with E-state index >= 15 is 0 Å². The minimum absolute atomic E-state index is 0.0748. The molecule has 1 saturated carbocycles. The van der Waals surface area contributed by atoms with E-state index in [4.69, 9.17) is 0 Å². The van der Waals surface area contributed by atoms with Crippen molar-refractivity contribution in [3.8, 4) is 16.9 Å². The highest BCUT2D eigenvalue weighted by Crippen LogP contribution is 2.27. The van der Waals surface area contributed by atoms with Crippen molar-refractivity contribution in [2.45, 2.75) is 19.8 Å². The zero-order valence-electron chi connectivity index (χ0n) is 15.5. The second-order valence-electron chi connectivity index (χ2n) is 7.14. The van der Waals surface area contributed by atoms with Crippen LogP contribution in [0.1, 0.15) is 18.4 Å². The first-order chi connectivity index (χ1) is 13.2. The van der Waals surface area contributed by atoms with Gasteiger partial charge in [0.15, 0.2) is 0 Å². The van der Waals surface area contributed by atoms with Crippen LogP contribution < -0.4 is 10.6 Å². The summed E-state index contributed by atoms with van der Waals surface area (Å²) in [4.78, 5) is 17.0. The number of nitrogens with one attached hydrogen (secondary N) is 2. The quantitative estimate of drug-likeness (QED) is 0.674. The van der Waals surface area contributed by atoms with Crippen LogP contribution in [-0.4, -0.2) is 28.5 Å². The van der Waals surface area contributed by atoms with Gasteiger partial charge in [-0.2, -0.15) is 0 Å². The number of hydrogen-bond donors (Lipinski definition) is 2. The van der Waals surface area contributed by atoms with Crippen molar-refractivity contribution in [2.75, 3.05) is 18.4 Å². The Morgan fingerprint density at radius 1 is 1.11 bits per heavy atom. The van der Waals surface area contributed by atoms with Crippen LogP contribution in [0.5, 0.6) is 0 Å². The fraction of sp³-hybridized carbons (Fsp3) is 0.273. The minimum atomic E-state index is -0.0748. The van der Waals surface area contributed by atoms with Gasteiger partial charge in [0.25, 0.3) is 0 Å². The summed E-state index contributed by atoms with van der Waals surface area (Å²) < 4.78 is 1.93. The second-order valence-corrected chi connectivity index (χ2v) is 7.14. The lowest BCUT2D eigenvalue weighted by Gasteiger charge is -2.09. The molecule has 0 radical (unpaired) electrons. The molecule has 0 unspecified atom stereocenters. The molecular weight excluding hydrogens is 336 g/mol. The van der Waals surface area contributed by atoms with Crippen LogP contribution in [0.2, 0.25) is 0 Å². The monoisotopic (exact) mass is 360 g/mol. The lowest BCUT2D eigenvalue weighted by molar-refractivity contribution is -0.115. The summed E-state index contributed by atoms with van der Waals surface area (Å²) in [6, 6.07) is 18.2. The van der Waals surface area contributed by atoms with Gasteiger partial charge in [-0.25, -0.2) is 4.98 Å². The molecule has 5 nitrogen and oxygen atoms in total. The maximum Gasteiger partial charge on any atom is 0.240 e. The Morgan fingerprint density at radius 2 is 1.85 bits per heavy atom. The van der Waals surface area contributed by atoms with Crippen LogP contribution in [0.4, 0.5) is 5.95 Å². The zero-order chi connectivity index (χ0) is 18.6. The van der Waals surface area contributed by atoms with Gasteiger partial charge in [-0.05, 0) is 44.4 Å². The van der Waals surface area contributed by atoms with Crippen LogP contribution in [0.3, 0.4) is 0 Å². The van der Waals surface area contributed by atoms with Crippen molar-refractivity contribution in [1.82, 2.24) is 14.9 Å². The number of nitrogens with zero attached hydrogens (tertiary/aromatic N) is 2. The van der Waals surface area contributed by atoms with Gasteiger partial charge in [-0.3, -0.25) is 14.7 Å². The second kappa shape index (κ2) is 7.76. The van der Waals surface area contributed by atoms with Crippen molar-refractivity contribution in [3.63, 3.8) is 0 Å². The number of benzene rings is 2. The van der Waals surface area contributed by atoms with E-state index in [1.165, 1.54) is 18.4 Å². The molecule has 138 valence electrons. The Kier molecular flexibility index (Phi) is 5.03. The summed E-state index contributed by atoms with van der Waals surface area (Å²) in [5, 5.41) is 6.18. The Balaban J connectivity index is 1.58. The van der Waals surface area contributed by atoms with Crippen molar-refractivity contribution in [1.29, 1.82) is 0 Å². The topological polar surface area (TPSA) is 59.0 Å². The van der Waals surface area contributed by atoms with Crippen LogP contribution in [-0.2, 0) is 4.79 Å². The molecule has 1 amide bonds. The van der Waals surface area contributed by atoms with E-state index in [-0.39, 0.29) is 5.91 Å². The number of imidazole rings is 1. The number of hydrogen-bond acceptors (Lipinski definition) is 3. The third-order valence-corrected chi connectivity index (χ3v) is 4.75. The highest BCUT2D eigenvalue weighted by molar-refractivity contribution is 5.91. The Morgan fingerprint density at radius 3 is 2.56 bits per heavy atom. The van der Waals surface area contributed by atoms with Gasteiger partial charge in [0.05, 0.1) is 12.2 Å². The summed E-state index contributed by atoms with van der Waals surface area (Å²) >= 11 is 0. The molecule has 0 spiro atoms. The molecule has 0 bridgehead atoms. The van der Waals surface area contributed by atoms with Crippen LogP contribution in [0, 0.1) is 12.8 Å². The third-order valence-electron chi connectivity index (χ3n) is 4.75. The van der Waals surface area contributed by atoms with Gasteiger partial charge < -0.3 is 5.32 Å². The number of carbonyl (C=O) groups excluding carboxylic acids is 1. The molecular formula is C22H24N4O. The van der Waals surface area contributed by atoms with Crippen LogP contribution in [0.15, 0.2) is 60.8 Å². The van der Waals surface area contributed by atoms with E-state index in [2.05, 4.69) is 34.7 Å². The molecule has 1 heterocycles. The molecule has 0 atom stereocenters. The Labute approximate surface area is 159 Å². The SMILES string of the molecule is Cc1ccc(-n2cc(-c3ccccc3)nc2NC(=O)CNCC2CC2)cc1. The van der Waals surface area contributed by atoms with Gasteiger partial charge in [-0.1, -0.05) is 48.0 Å². The van der Waals surface area contributed by atoms with E-state index in [0.717, 1.165) is 29.4 Å². The van der Waals surface area contributed by atoms with Crippen LogP contribution in [0.25, 0.3) is 16.9 Å². The maximum absolute atomic E-state index is 12.4. The smallest absolute Gasteiger partial charge is 0.240 e. The Bertz CT molecular complexity index is 911. The number of aryl methyl sites for hydroxylation is 1. The van der Waals surface area contributed by atoms with Crippen molar-refractivity contribution in [2.24, 2.45) is 5.92 Å². The Hall–Kier alpha value is -2.92. The molecule has 0 saturated heterocycles. The highest BCUT2D eigenvalue weighted by Gasteiger charge is 2.21. The number of carbonyl (C=O) groups is 1. The average molecular weight is 360 g/mol. The molecule has 2 aromatic carbocycles. The summed E-state index contributed by atoms with van der Waals surface area (Å²) in [6.07, 6.45) is 4.51. The van der Waals surface area contributed by atoms with Gasteiger partial charge in [0.2, 0.25) is 11.9 Å². The van der Waals surface area contributed by atoms with Crippen molar-refractivity contribution >= 4 is 11.9 Å². The van der Waals surface area contributed by atoms with E-state index in [1.807, 2.05) is 53.2 Å². The van der Waals surface area contributed by atoms with Crippen molar-refractivity contribution in [3.05, 3.63) is 66.4 Å². The maximum atomic E-state index is 12.4. The van der Waals surface area contributed by atoms with Crippen molar-refractivity contribution < 1.29 is 4.79 Å². The van der Waals surface area contributed by atoms with E-state index < -0.39 is 0 Å². The first-order valence-corrected chi connectivity index (χ1v) is 9.41. The average Bonchev–Trinajstić information content (AvgIpc) is 3.42. The zero-order valence-corrected chi connectivity index (χ0v) is 15.5. The molecule has 1 aliphatic rings. The minimum Gasteiger partial charge on any atom is -0.308 e. The predicted octanol–water partition coefficient (Wildman–Crippen LogP) is 3.79. The molecule has 2 N–H and O–H groups in total. The van der Waals surface area contributed by atoms with Gasteiger partial charge >= 0.3 is 0 Å². The fourth-order valence-electron chi connectivity index (χ4n) is 3.00. The molecule has 3 aromatic rings. The number of aromatic nitrogens is 2. The lowest BCUT2D eigenvalue weighted by atomic mass is 10.2. The number of amides is 1. The van der Waals surface area contributed by atoms with Crippen LogP contribution >= 0.6 is 0 Å². The standard InChI is InChI=1S/C22H24N4O/c1-16-7-11-19(12-8-16)26-15-20(18-5-3-2-4-6-18)24-22(26)25-21(27)14-23-13-17-9-10-17/h2-8,11-12,15,17,23H,9-10,13-14H2,1H3,(H,24,25,27). The molecule has 0 aliphatic heterocycles. The largest absolute Gasteiger partial charge is 0.308 e. The number of rotatable bonds is 7. The summed E-state index contributed by atoms with van der Waals surface area (Å²) in [5.74, 6) is 1.21. The fourth-order valence-corrected chi connectivity index (χ4v) is 3.00. The van der Waals surface area contributed by atoms with E-state index in [1.54, 1.807) is 0 Å². The summed E-state index contributed by atoms with van der Waals surface area (Å²) in [7, 11) is 0. The first-order valence-electron chi connectivity index (χ1n) is 9.41. The summed E-state index contributed by atoms with van der Waals surface area (Å²) in [6.45, 7) is 3.27. The molecule has 1 aromatic heterocycles. The summed E-state index contributed by atoms with van der Waals surface area (Å²) in [5.41, 5.74) is 4.01. The highest BCUT2D eigenvalue weighted by atomic mass is 16.2. The normalized spacial score (nSPS) is 13.5. The van der Waals surface area contributed by atoms with Gasteiger partial charge in [0.1, 0.15) is 0 Å².